The van der Waals surface area contributed by atoms with Gasteiger partial charge in [0, 0.05) is 5.88 Å². The molecule has 8 heteroatoms. The number of ketones is 1. The van der Waals surface area contributed by atoms with Gasteiger partial charge in [-0.05, 0) is 19.1 Å². The maximum Gasteiger partial charge on any atom is 1.00 e. The summed E-state index contributed by atoms with van der Waals surface area (Å²) in [6.45, 7) is 1.19. The average molecular weight is 276 g/mol. The summed E-state index contributed by atoms with van der Waals surface area (Å²) >= 11 is 0. The molecule has 2 aromatic rings. The van der Waals surface area contributed by atoms with E-state index in [2.05, 4.69) is 5.10 Å². The van der Waals surface area contributed by atoms with Crippen molar-refractivity contribution < 1.29 is 41.9 Å². The normalized spacial score (nSPS) is 11.0. The van der Waals surface area contributed by atoms with E-state index in [1.54, 1.807) is 18.2 Å². The maximum atomic E-state index is 12.4. The van der Waals surface area contributed by atoms with Crippen LogP contribution in [-0.2, 0) is 0 Å². The summed E-state index contributed by atoms with van der Waals surface area (Å²) < 4.78 is 37.9. The fraction of sp³-hybridized carbons (Fsp3) is 0.167. The van der Waals surface area contributed by atoms with E-state index in [1.165, 1.54) is 19.1 Å². The topological polar surface area (TPSA) is 57.9 Å². The number of aromatic nitrogens is 2. The Labute approximate surface area is 124 Å². The Bertz CT molecular complexity index is 624. The third kappa shape index (κ3) is 2.89. The molecule has 1 aromatic carbocycles. The van der Waals surface area contributed by atoms with Crippen LogP contribution in [0.15, 0.2) is 30.3 Å². The molecule has 0 amide bonds. The van der Waals surface area contributed by atoms with Crippen LogP contribution in [-0.4, -0.2) is 21.7 Å². The summed E-state index contributed by atoms with van der Waals surface area (Å²) in [5, 5.41) is 15.6. The van der Waals surface area contributed by atoms with Gasteiger partial charge in [-0.25, -0.2) is 4.68 Å². The Balaban J connectivity index is 0.00000200. The van der Waals surface area contributed by atoms with Crippen LogP contribution in [0.2, 0.25) is 0 Å². The molecule has 20 heavy (non-hydrogen) atoms. The van der Waals surface area contributed by atoms with Gasteiger partial charge in [-0.2, -0.15) is 18.3 Å². The molecular weight excluding hydrogens is 268 g/mol. The van der Waals surface area contributed by atoms with Crippen molar-refractivity contribution in [3.63, 3.8) is 0 Å². The Morgan fingerprint density at radius 1 is 1.25 bits per heavy atom. The predicted octanol–water partition coefficient (Wildman–Crippen LogP) is -0.997. The van der Waals surface area contributed by atoms with Crippen molar-refractivity contribution in [3.05, 3.63) is 41.6 Å². The molecule has 0 fully saturated rings. The number of hydrogen-bond acceptors (Lipinski definition) is 3. The first-order valence-electron chi connectivity index (χ1n) is 5.26. The second-order valence-corrected chi connectivity index (χ2v) is 3.84. The molecule has 0 unspecified atom stereocenters. The molecule has 1 aromatic heterocycles. The number of nitrogens with zero attached hydrogens (tertiary/aromatic N) is 2. The SMILES string of the molecule is Cc1nn(-c2ccccc2)c([O-])c1C(=O)C(F)(F)F.[Li+]. The van der Waals surface area contributed by atoms with Gasteiger partial charge in [0.2, 0.25) is 0 Å². The molecule has 0 aliphatic heterocycles. The van der Waals surface area contributed by atoms with Gasteiger partial charge in [0.15, 0.2) is 0 Å². The fourth-order valence-electron chi connectivity index (χ4n) is 1.65. The van der Waals surface area contributed by atoms with Crippen LogP contribution in [0.1, 0.15) is 16.1 Å². The van der Waals surface area contributed by atoms with E-state index < -0.39 is 23.4 Å². The van der Waals surface area contributed by atoms with Gasteiger partial charge in [0.25, 0.3) is 5.78 Å². The minimum Gasteiger partial charge on any atom is -0.858 e. The maximum absolute atomic E-state index is 12.4. The molecule has 1 heterocycles. The first-order chi connectivity index (χ1) is 8.82. The van der Waals surface area contributed by atoms with Crippen molar-refractivity contribution in [3.8, 4) is 11.6 Å². The summed E-state index contributed by atoms with van der Waals surface area (Å²) in [7, 11) is 0. The van der Waals surface area contributed by atoms with Gasteiger partial charge in [-0.1, -0.05) is 18.2 Å². The molecule has 100 valence electrons. The first-order valence-corrected chi connectivity index (χ1v) is 5.26. The number of Topliss-reactive ketones (excluding diaryl/α,β-unsaturated/α-hetero) is 1. The van der Waals surface area contributed by atoms with Crippen LogP contribution in [0.5, 0.6) is 5.88 Å². The van der Waals surface area contributed by atoms with E-state index in [1.807, 2.05) is 0 Å². The van der Waals surface area contributed by atoms with Gasteiger partial charge in [-0.3, -0.25) is 4.79 Å². The Hall–Kier alpha value is -1.71. The Morgan fingerprint density at radius 3 is 2.30 bits per heavy atom. The second-order valence-electron chi connectivity index (χ2n) is 3.84. The third-order valence-corrected chi connectivity index (χ3v) is 2.50. The molecule has 2 rings (SSSR count). The van der Waals surface area contributed by atoms with E-state index in [9.17, 15) is 23.1 Å². The van der Waals surface area contributed by atoms with Crippen molar-refractivity contribution in [2.45, 2.75) is 13.1 Å². The third-order valence-electron chi connectivity index (χ3n) is 2.50. The zero-order chi connectivity index (χ0) is 14.2. The number of carbonyl (C=O) groups excluding carboxylic acids is 1. The van der Waals surface area contributed by atoms with Crippen molar-refractivity contribution in [2.24, 2.45) is 0 Å². The molecule has 0 N–H and O–H groups in total. The van der Waals surface area contributed by atoms with Gasteiger partial charge in [-0.15, -0.1) is 0 Å². The number of rotatable bonds is 2. The monoisotopic (exact) mass is 276 g/mol. The van der Waals surface area contributed by atoms with Crippen molar-refractivity contribution in [2.75, 3.05) is 0 Å². The van der Waals surface area contributed by atoms with Crippen LogP contribution >= 0.6 is 0 Å². The smallest absolute Gasteiger partial charge is 0.858 e. The van der Waals surface area contributed by atoms with Gasteiger partial charge >= 0.3 is 25.0 Å². The number of benzene rings is 1. The molecule has 0 radical (unpaired) electrons. The zero-order valence-electron chi connectivity index (χ0n) is 10.7. The van der Waals surface area contributed by atoms with Gasteiger partial charge < -0.3 is 5.11 Å². The van der Waals surface area contributed by atoms with Crippen LogP contribution in [0.25, 0.3) is 5.69 Å². The largest absolute Gasteiger partial charge is 1.00 e. The average Bonchev–Trinajstić information content (AvgIpc) is 2.64. The predicted molar refractivity (Wildman–Crippen MR) is 58.1 cm³/mol. The molecule has 0 spiro atoms. The van der Waals surface area contributed by atoms with Crippen molar-refractivity contribution in [1.29, 1.82) is 0 Å². The molecule has 0 aliphatic carbocycles. The van der Waals surface area contributed by atoms with E-state index in [0.29, 0.717) is 5.69 Å². The summed E-state index contributed by atoms with van der Waals surface area (Å²) in [6.07, 6.45) is -5.09. The molecule has 0 aliphatic rings. The van der Waals surface area contributed by atoms with Crippen molar-refractivity contribution in [1.82, 2.24) is 9.78 Å². The molecular formula is C12H8F3LiN2O2. The van der Waals surface area contributed by atoms with E-state index in [-0.39, 0.29) is 24.6 Å². The second kappa shape index (κ2) is 5.73. The van der Waals surface area contributed by atoms with Crippen LogP contribution in [0, 0.1) is 6.92 Å². The number of para-hydroxylation sites is 1. The van der Waals surface area contributed by atoms with Crippen LogP contribution in [0.3, 0.4) is 0 Å². The van der Waals surface area contributed by atoms with E-state index in [4.69, 9.17) is 0 Å². The quantitative estimate of drug-likeness (QED) is 0.522. The molecule has 0 atom stereocenters. The van der Waals surface area contributed by atoms with Crippen LogP contribution < -0.4 is 24.0 Å². The fourth-order valence-corrected chi connectivity index (χ4v) is 1.65. The van der Waals surface area contributed by atoms with Gasteiger partial charge in [0.1, 0.15) is 0 Å². The zero-order valence-corrected chi connectivity index (χ0v) is 10.7. The summed E-state index contributed by atoms with van der Waals surface area (Å²) in [5.74, 6) is -3.23. The molecule has 0 saturated carbocycles. The van der Waals surface area contributed by atoms with Crippen molar-refractivity contribution >= 4 is 5.78 Å². The number of carbonyl (C=O) groups is 1. The molecule has 0 bridgehead atoms. The number of aryl methyl sites for hydroxylation is 1. The minimum atomic E-state index is -5.09. The molecule has 0 saturated heterocycles. The van der Waals surface area contributed by atoms with E-state index >= 15 is 0 Å². The Morgan fingerprint density at radius 2 is 1.80 bits per heavy atom. The van der Waals surface area contributed by atoms with Gasteiger partial charge in [0.05, 0.1) is 16.9 Å². The summed E-state index contributed by atoms with van der Waals surface area (Å²) in [6, 6.07) is 7.92. The molecule has 4 nitrogen and oxygen atoms in total. The number of halogens is 3. The first kappa shape index (κ1) is 16.3. The Kier molecular flexibility index (Phi) is 4.68. The summed E-state index contributed by atoms with van der Waals surface area (Å²) in [4.78, 5) is 11.2. The number of hydrogen-bond donors (Lipinski definition) is 0. The summed E-state index contributed by atoms with van der Waals surface area (Å²) in [5.41, 5.74) is -0.871. The van der Waals surface area contributed by atoms with E-state index in [0.717, 1.165) is 4.68 Å². The number of alkyl halides is 3. The standard InChI is InChI=1S/C12H9F3N2O2.Li/c1-7-9(10(18)12(13,14)15)11(19)17(16-7)8-5-3-2-4-6-8;/h2-6,19H,1H3;/q;+1/p-1. The minimum absolute atomic E-state index is 0. The van der Waals surface area contributed by atoms with Crippen LogP contribution in [0.4, 0.5) is 13.2 Å².